The van der Waals surface area contributed by atoms with Crippen LogP contribution in [0.15, 0.2) is 0 Å². The molecule has 0 saturated heterocycles. The molecule has 1 aliphatic carbocycles. The monoisotopic (exact) mass is 271 g/mol. The predicted molar refractivity (Wildman–Crippen MR) is 76.1 cm³/mol. The van der Waals surface area contributed by atoms with Crippen molar-refractivity contribution >= 4 is 5.97 Å². The van der Waals surface area contributed by atoms with Crippen molar-refractivity contribution in [2.45, 2.75) is 77.0 Å². The van der Waals surface area contributed by atoms with Crippen LogP contribution in [0.2, 0.25) is 0 Å². The first-order chi connectivity index (χ1) is 8.98. The molecule has 0 radical (unpaired) electrons. The third-order valence-electron chi connectivity index (χ3n) is 3.72. The number of hydrogen-bond acceptors (Lipinski definition) is 4. The molecule has 1 unspecified atom stereocenters. The number of methoxy groups -OCH3 is 1. The summed E-state index contributed by atoms with van der Waals surface area (Å²) >= 11 is 0. The predicted octanol–water partition coefficient (Wildman–Crippen LogP) is 2.66. The molecular weight excluding hydrogens is 242 g/mol. The molecule has 0 heterocycles. The Hall–Kier alpha value is -0.610. The molecule has 1 atom stereocenters. The molecule has 112 valence electrons. The van der Waals surface area contributed by atoms with E-state index in [9.17, 15) is 4.79 Å². The third kappa shape index (κ3) is 5.49. The van der Waals surface area contributed by atoms with Crippen LogP contribution in [0.4, 0.5) is 0 Å². The van der Waals surface area contributed by atoms with Gasteiger partial charge in [0.15, 0.2) is 0 Å². The van der Waals surface area contributed by atoms with Gasteiger partial charge >= 0.3 is 5.97 Å². The minimum Gasteiger partial charge on any atom is -0.468 e. The molecule has 0 aromatic rings. The first kappa shape index (κ1) is 16.4. The van der Waals surface area contributed by atoms with Crippen molar-refractivity contribution in [3.05, 3.63) is 0 Å². The molecule has 4 heteroatoms. The van der Waals surface area contributed by atoms with Crippen molar-refractivity contribution in [1.29, 1.82) is 0 Å². The highest BCUT2D eigenvalue weighted by molar-refractivity contribution is 5.80. The highest BCUT2D eigenvalue weighted by Gasteiger charge is 2.34. The zero-order valence-corrected chi connectivity index (χ0v) is 12.8. The molecule has 1 fully saturated rings. The van der Waals surface area contributed by atoms with E-state index in [1.54, 1.807) is 0 Å². The van der Waals surface area contributed by atoms with Crippen molar-refractivity contribution in [2.24, 2.45) is 0 Å². The van der Waals surface area contributed by atoms with E-state index in [0.717, 1.165) is 19.4 Å². The van der Waals surface area contributed by atoms with Gasteiger partial charge in [0.2, 0.25) is 0 Å². The van der Waals surface area contributed by atoms with Crippen LogP contribution < -0.4 is 5.32 Å². The van der Waals surface area contributed by atoms with Gasteiger partial charge in [-0.3, -0.25) is 10.1 Å². The Bertz CT molecular complexity index is 275. The smallest absolute Gasteiger partial charge is 0.325 e. The summed E-state index contributed by atoms with van der Waals surface area (Å²) in [5, 5.41) is 3.31. The van der Waals surface area contributed by atoms with Crippen LogP contribution in [0.25, 0.3) is 0 Å². The lowest BCUT2D eigenvalue weighted by Crippen LogP contribution is -2.53. The van der Waals surface area contributed by atoms with Gasteiger partial charge < -0.3 is 9.47 Å². The Morgan fingerprint density at radius 1 is 1.37 bits per heavy atom. The second-order valence-electron chi connectivity index (χ2n) is 6.00. The summed E-state index contributed by atoms with van der Waals surface area (Å²) in [6.45, 7) is 6.72. The lowest BCUT2D eigenvalue weighted by molar-refractivity contribution is -0.148. The summed E-state index contributed by atoms with van der Waals surface area (Å²) in [5.74, 6) is -0.193. The van der Waals surface area contributed by atoms with Crippen LogP contribution in [0.3, 0.4) is 0 Å². The number of carbonyl (C=O) groups is 1. The highest BCUT2D eigenvalue weighted by Crippen LogP contribution is 2.22. The van der Waals surface area contributed by atoms with E-state index in [0.29, 0.717) is 6.10 Å². The average Bonchev–Trinajstić information content (AvgIpc) is 2.85. The van der Waals surface area contributed by atoms with Gasteiger partial charge in [-0.2, -0.15) is 0 Å². The normalized spacial score (nSPS) is 19.6. The van der Waals surface area contributed by atoms with Crippen LogP contribution >= 0.6 is 0 Å². The Morgan fingerprint density at radius 3 is 2.53 bits per heavy atom. The molecule has 0 aliphatic heterocycles. The van der Waals surface area contributed by atoms with Crippen LogP contribution in [0.1, 0.15) is 59.3 Å². The number of nitrogens with one attached hydrogen (secondary N) is 1. The Kier molecular flexibility index (Phi) is 6.80. The minimum atomic E-state index is -0.609. The van der Waals surface area contributed by atoms with Gasteiger partial charge in [-0.25, -0.2) is 0 Å². The second-order valence-corrected chi connectivity index (χ2v) is 6.00. The van der Waals surface area contributed by atoms with E-state index in [1.165, 1.54) is 32.8 Å². The quantitative estimate of drug-likeness (QED) is 0.544. The molecule has 0 bridgehead atoms. The second kappa shape index (κ2) is 7.85. The maximum atomic E-state index is 11.9. The molecular formula is C15H29NO3. The molecule has 1 N–H and O–H groups in total. The molecule has 1 saturated carbocycles. The van der Waals surface area contributed by atoms with Gasteiger partial charge in [-0.1, -0.05) is 12.8 Å². The fourth-order valence-corrected chi connectivity index (χ4v) is 2.83. The summed E-state index contributed by atoms with van der Waals surface area (Å²) in [4.78, 5) is 11.9. The largest absolute Gasteiger partial charge is 0.468 e. The minimum absolute atomic E-state index is 0.193. The van der Waals surface area contributed by atoms with Gasteiger partial charge in [0.25, 0.3) is 0 Å². The first-order valence-corrected chi connectivity index (χ1v) is 7.45. The molecule has 0 spiro atoms. The number of rotatable bonds is 8. The van der Waals surface area contributed by atoms with E-state index in [2.05, 4.69) is 5.32 Å². The number of ether oxygens (including phenoxy) is 2. The van der Waals surface area contributed by atoms with Gasteiger partial charge in [0.05, 0.1) is 13.2 Å². The first-order valence-electron chi connectivity index (χ1n) is 7.45. The molecule has 0 aromatic carbocycles. The standard InChI is InChI=1S/C15H29NO3/c1-12(2)16-15(3,14(17)18-4)10-7-11-19-13-8-5-6-9-13/h12-13,16H,5-11H2,1-4H3. The van der Waals surface area contributed by atoms with E-state index in [1.807, 2.05) is 20.8 Å². The molecule has 1 aliphatic rings. The highest BCUT2D eigenvalue weighted by atomic mass is 16.5. The fraction of sp³-hybridized carbons (Fsp3) is 0.933. The molecule has 0 amide bonds. The van der Waals surface area contributed by atoms with Crippen LogP contribution in [0.5, 0.6) is 0 Å². The Balaban J connectivity index is 2.33. The van der Waals surface area contributed by atoms with E-state index < -0.39 is 5.54 Å². The number of carbonyl (C=O) groups excluding carboxylic acids is 1. The van der Waals surface area contributed by atoms with Gasteiger partial charge in [0.1, 0.15) is 5.54 Å². The molecule has 0 aromatic heterocycles. The lowest BCUT2D eigenvalue weighted by atomic mass is 9.95. The maximum absolute atomic E-state index is 11.9. The van der Waals surface area contributed by atoms with Gasteiger partial charge in [-0.15, -0.1) is 0 Å². The zero-order chi connectivity index (χ0) is 14.3. The van der Waals surface area contributed by atoms with E-state index in [4.69, 9.17) is 9.47 Å². The SMILES string of the molecule is COC(=O)C(C)(CCCOC1CCCC1)NC(C)C. The number of hydrogen-bond donors (Lipinski definition) is 1. The average molecular weight is 271 g/mol. The zero-order valence-electron chi connectivity index (χ0n) is 12.8. The summed E-state index contributed by atoms with van der Waals surface area (Å²) in [6, 6.07) is 0.250. The maximum Gasteiger partial charge on any atom is 0.325 e. The fourth-order valence-electron chi connectivity index (χ4n) is 2.83. The summed E-state index contributed by atoms with van der Waals surface area (Å²) in [5.41, 5.74) is -0.609. The number of esters is 1. The Morgan fingerprint density at radius 2 is 2.00 bits per heavy atom. The Labute approximate surface area is 117 Å². The van der Waals surface area contributed by atoms with Crippen molar-refractivity contribution in [1.82, 2.24) is 5.32 Å². The van der Waals surface area contributed by atoms with Crippen molar-refractivity contribution in [3.8, 4) is 0 Å². The third-order valence-corrected chi connectivity index (χ3v) is 3.72. The molecule has 1 rings (SSSR count). The summed E-state index contributed by atoms with van der Waals surface area (Å²) < 4.78 is 10.7. The van der Waals surface area contributed by atoms with Crippen LogP contribution in [-0.4, -0.2) is 37.4 Å². The molecule has 4 nitrogen and oxygen atoms in total. The summed E-state index contributed by atoms with van der Waals surface area (Å²) in [7, 11) is 1.44. The van der Waals surface area contributed by atoms with Crippen LogP contribution in [-0.2, 0) is 14.3 Å². The molecule has 19 heavy (non-hydrogen) atoms. The van der Waals surface area contributed by atoms with Crippen molar-refractivity contribution in [3.63, 3.8) is 0 Å². The van der Waals surface area contributed by atoms with Crippen LogP contribution in [0, 0.1) is 0 Å². The van der Waals surface area contributed by atoms with Crippen molar-refractivity contribution < 1.29 is 14.3 Å². The van der Waals surface area contributed by atoms with E-state index in [-0.39, 0.29) is 12.0 Å². The topological polar surface area (TPSA) is 47.6 Å². The van der Waals surface area contributed by atoms with Crippen molar-refractivity contribution in [2.75, 3.05) is 13.7 Å². The lowest BCUT2D eigenvalue weighted by Gasteiger charge is -2.30. The van der Waals surface area contributed by atoms with Gasteiger partial charge in [-0.05, 0) is 46.5 Å². The summed E-state index contributed by atoms with van der Waals surface area (Å²) in [6.07, 6.45) is 7.03. The van der Waals surface area contributed by atoms with E-state index >= 15 is 0 Å². The van der Waals surface area contributed by atoms with Gasteiger partial charge in [0, 0.05) is 12.6 Å².